The lowest BCUT2D eigenvalue weighted by Gasteiger charge is -2.18. The van der Waals surface area contributed by atoms with Gasteiger partial charge in [-0.3, -0.25) is 0 Å². The highest BCUT2D eigenvalue weighted by Crippen LogP contribution is 2.06. The van der Waals surface area contributed by atoms with Crippen molar-refractivity contribution >= 4 is 0 Å². The number of nitrogens with one attached hydrogen (secondary N) is 1. The van der Waals surface area contributed by atoms with Gasteiger partial charge >= 0.3 is 0 Å². The van der Waals surface area contributed by atoms with Gasteiger partial charge in [0.05, 0.1) is 6.61 Å². The SMILES string of the molecule is CCCNC(COCC)Cc1ccc(F)cc1. The van der Waals surface area contributed by atoms with E-state index in [2.05, 4.69) is 12.2 Å². The minimum atomic E-state index is -0.184. The van der Waals surface area contributed by atoms with Gasteiger partial charge in [-0.05, 0) is 44.0 Å². The first-order valence-electron chi connectivity index (χ1n) is 6.31. The molecular formula is C14H22FNO. The van der Waals surface area contributed by atoms with Gasteiger partial charge in [0.15, 0.2) is 0 Å². The van der Waals surface area contributed by atoms with Gasteiger partial charge in [-0.2, -0.15) is 0 Å². The van der Waals surface area contributed by atoms with Crippen LogP contribution in [-0.4, -0.2) is 25.8 Å². The summed E-state index contributed by atoms with van der Waals surface area (Å²) in [5.41, 5.74) is 1.14. The first kappa shape index (κ1) is 14.1. The molecular weight excluding hydrogens is 217 g/mol. The molecule has 0 saturated heterocycles. The molecule has 0 aliphatic heterocycles. The highest BCUT2D eigenvalue weighted by atomic mass is 19.1. The van der Waals surface area contributed by atoms with Crippen LogP contribution in [0.15, 0.2) is 24.3 Å². The van der Waals surface area contributed by atoms with Crippen molar-refractivity contribution < 1.29 is 9.13 Å². The van der Waals surface area contributed by atoms with E-state index in [0.29, 0.717) is 12.6 Å². The van der Waals surface area contributed by atoms with Gasteiger partial charge in [-0.15, -0.1) is 0 Å². The van der Waals surface area contributed by atoms with Crippen LogP contribution in [0.25, 0.3) is 0 Å². The molecule has 1 unspecified atom stereocenters. The Bertz CT molecular complexity index is 292. The minimum absolute atomic E-state index is 0.184. The standard InChI is InChI=1S/C14H22FNO/c1-3-9-16-14(11-17-4-2)10-12-5-7-13(15)8-6-12/h5-8,14,16H,3-4,9-11H2,1-2H3. The number of hydrogen-bond donors (Lipinski definition) is 1. The molecule has 0 aliphatic carbocycles. The average molecular weight is 239 g/mol. The Morgan fingerprint density at radius 3 is 2.53 bits per heavy atom. The van der Waals surface area contributed by atoms with Crippen LogP contribution >= 0.6 is 0 Å². The third-order valence-corrected chi connectivity index (χ3v) is 2.60. The maximum Gasteiger partial charge on any atom is 0.123 e. The molecule has 0 heterocycles. The normalized spacial score (nSPS) is 12.6. The number of rotatable bonds is 8. The monoisotopic (exact) mass is 239 g/mol. The summed E-state index contributed by atoms with van der Waals surface area (Å²) < 4.78 is 18.2. The molecule has 96 valence electrons. The molecule has 1 atom stereocenters. The summed E-state index contributed by atoms with van der Waals surface area (Å²) in [7, 11) is 0. The van der Waals surface area contributed by atoms with Crippen molar-refractivity contribution in [1.29, 1.82) is 0 Å². The smallest absolute Gasteiger partial charge is 0.123 e. The van der Waals surface area contributed by atoms with Gasteiger partial charge in [-0.25, -0.2) is 4.39 Å². The van der Waals surface area contributed by atoms with Crippen LogP contribution in [0.3, 0.4) is 0 Å². The van der Waals surface area contributed by atoms with Crippen molar-refractivity contribution in [2.24, 2.45) is 0 Å². The zero-order chi connectivity index (χ0) is 12.5. The third-order valence-electron chi connectivity index (χ3n) is 2.60. The second kappa shape index (κ2) is 8.20. The lowest BCUT2D eigenvalue weighted by atomic mass is 10.1. The van der Waals surface area contributed by atoms with E-state index >= 15 is 0 Å². The maximum atomic E-state index is 12.8. The van der Waals surface area contributed by atoms with E-state index in [1.165, 1.54) is 12.1 Å². The van der Waals surface area contributed by atoms with E-state index in [9.17, 15) is 4.39 Å². The van der Waals surface area contributed by atoms with E-state index in [1.807, 2.05) is 19.1 Å². The minimum Gasteiger partial charge on any atom is -0.380 e. The number of benzene rings is 1. The highest BCUT2D eigenvalue weighted by molar-refractivity contribution is 5.17. The van der Waals surface area contributed by atoms with E-state index in [0.717, 1.165) is 31.6 Å². The summed E-state index contributed by atoms with van der Waals surface area (Å²) in [5, 5.41) is 3.45. The van der Waals surface area contributed by atoms with Crippen molar-refractivity contribution in [2.75, 3.05) is 19.8 Å². The molecule has 0 fully saturated rings. The van der Waals surface area contributed by atoms with Crippen molar-refractivity contribution in [3.8, 4) is 0 Å². The van der Waals surface area contributed by atoms with Crippen molar-refractivity contribution in [3.63, 3.8) is 0 Å². The average Bonchev–Trinajstić information content (AvgIpc) is 2.35. The molecule has 1 N–H and O–H groups in total. The van der Waals surface area contributed by atoms with E-state index in [1.54, 1.807) is 0 Å². The molecule has 17 heavy (non-hydrogen) atoms. The second-order valence-electron chi connectivity index (χ2n) is 4.14. The molecule has 0 amide bonds. The number of ether oxygens (including phenoxy) is 1. The molecule has 0 aliphatic rings. The molecule has 0 aromatic heterocycles. The van der Waals surface area contributed by atoms with Gasteiger partial charge in [-0.1, -0.05) is 19.1 Å². The van der Waals surface area contributed by atoms with Crippen LogP contribution in [0.5, 0.6) is 0 Å². The number of hydrogen-bond acceptors (Lipinski definition) is 2. The molecule has 1 rings (SSSR count). The Labute approximate surface area is 103 Å². The van der Waals surface area contributed by atoms with Crippen molar-refractivity contribution in [2.45, 2.75) is 32.7 Å². The van der Waals surface area contributed by atoms with Crippen molar-refractivity contribution in [1.82, 2.24) is 5.32 Å². The molecule has 1 aromatic carbocycles. The summed E-state index contributed by atoms with van der Waals surface area (Å²) in [6.45, 7) is 6.55. The Balaban J connectivity index is 2.48. The predicted octanol–water partition coefficient (Wildman–Crippen LogP) is 2.77. The predicted molar refractivity (Wildman–Crippen MR) is 68.7 cm³/mol. The van der Waals surface area contributed by atoms with Crippen LogP contribution in [0.4, 0.5) is 4.39 Å². The lowest BCUT2D eigenvalue weighted by Crippen LogP contribution is -2.36. The van der Waals surface area contributed by atoms with E-state index < -0.39 is 0 Å². The zero-order valence-electron chi connectivity index (χ0n) is 10.7. The van der Waals surface area contributed by atoms with Crippen LogP contribution in [0, 0.1) is 5.82 Å². The molecule has 0 bridgehead atoms. The zero-order valence-corrected chi connectivity index (χ0v) is 10.7. The first-order chi connectivity index (χ1) is 8.26. The summed E-state index contributed by atoms with van der Waals surface area (Å²) in [6.07, 6.45) is 1.98. The highest BCUT2D eigenvalue weighted by Gasteiger charge is 2.08. The molecule has 1 aromatic rings. The molecule has 3 heteroatoms. The second-order valence-corrected chi connectivity index (χ2v) is 4.14. The fraction of sp³-hybridized carbons (Fsp3) is 0.571. The number of halogens is 1. The molecule has 0 saturated carbocycles. The topological polar surface area (TPSA) is 21.3 Å². The molecule has 2 nitrogen and oxygen atoms in total. The van der Waals surface area contributed by atoms with E-state index in [4.69, 9.17) is 4.74 Å². The molecule has 0 spiro atoms. The van der Waals surface area contributed by atoms with Gasteiger partial charge in [0, 0.05) is 12.6 Å². The largest absolute Gasteiger partial charge is 0.380 e. The first-order valence-corrected chi connectivity index (χ1v) is 6.31. The van der Waals surface area contributed by atoms with Crippen LogP contribution in [0.2, 0.25) is 0 Å². The maximum absolute atomic E-state index is 12.8. The Morgan fingerprint density at radius 2 is 1.94 bits per heavy atom. The van der Waals surface area contributed by atoms with E-state index in [-0.39, 0.29) is 5.82 Å². The van der Waals surface area contributed by atoms with Crippen molar-refractivity contribution in [3.05, 3.63) is 35.6 Å². The van der Waals surface area contributed by atoms with Gasteiger partial charge < -0.3 is 10.1 Å². The fourth-order valence-electron chi connectivity index (χ4n) is 1.70. The summed E-state index contributed by atoms with van der Waals surface area (Å²) in [4.78, 5) is 0. The Morgan fingerprint density at radius 1 is 1.24 bits per heavy atom. The Kier molecular flexibility index (Phi) is 6.82. The third kappa shape index (κ3) is 5.80. The van der Waals surface area contributed by atoms with Crippen LogP contribution in [0.1, 0.15) is 25.8 Å². The summed E-state index contributed by atoms with van der Waals surface area (Å²) in [6, 6.07) is 6.99. The van der Waals surface area contributed by atoms with Crippen LogP contribution in [-0.2, 0) is 11.2 Å². The van der Waals surface area contributed by atoms with Crippen LogP contribution < -0.4 is 5.32 Å². The van der Waals surface area contributed by atoms with Gasteiger partial charge in [0.1, 0.15) is 5.82 Å². The Hall–Kier alpha value is -0.930. The quantitative estimate of drug-likeness (QED) is 0.753. The lowest BCUT2D eigenvalue weighted by molar-refractivity contribution is 0.122. The molecule has 0 radical (unpaired) electrons. The summed E-state index contributed by atoms with van der Waals surface area (Å²) >= 11 is 0. The fourth-order valence-corrected chi connectivity index (χ4v) is 1.70. The van der Waals surface area contributed by atoms with Gasteiger partial charge in [0.2, 0.25) is 0 Å². The van der Waals surface area contributed by atoms with Gasteiger partial charge in [0.25, 0.3) is 0 Å². The summed E-state index contributed by atoms with van der Waals surface area (Å²) in [5.74, 6) is -0.184.